The molecular formula is C15H20N6O3. The number of nitrogens with two attached hydrogens (primary N) is 2. The average Bonchev–Trinajstić information content (AvgIpc) is 3.05. The van der Waals surface area contributed by atoms with E-state index in [1.54, 1.807) is 18.4 Å². The van der Waals surface area contributed by atoms with Crippen LogP contribution in [0, 0.1) is 17.8 Å². The maximum absolute atomic E-state index is 10.0. The zero-order valence-electron chi connectivity index (χ0n) is 13.4. The number of aromatic nitrogens is 4. The molecule has 0 amide bonds. The molecule has 2 unspecified atom stereocenters. The Hall–Kier alpha value is -2.25. The summed E-state index contributed by atoms with van der Waals surface area (Å²) in [5, 5.41) is 19.8. The van der Waals surface area contributed by atoms with Crippen molar-refractivity contribution < 1.29 is 14.9 Å². The molecule has 0 aliphatic carbocycles. The van der Waals surface area contributed by atoms with E-state index in [1.807, 2.05) is 0 Å². The first-order chi connectivity index (χ1) is 11.4. The molecule has 9 nitrogen and oxygen atoms in total. The van der Waals surface area contributed by atoms with E-state index in [0.717, 1.165) is 0 Å². The Labute approximate surface area is 138 Å². The van der Waals surface area contributed by atoms with Gasteiger partial charge in [0.2, 0.25) is 5.95 Å². The highest BCUT2D eigenvalue weighted by Gasteiger charge is 2.55. The predicted molar refractivity (Wildman–Crippen MR) is 86.3 cm³/mol. The second-order valence-electron chi connectivity index (χ2n) is 5.88. The lowest BCUT2D eigenvalue weighted by atomic mass is 9.81. The van der Waals surface area contributed by atoms with Gasteiger partial charge in [-0.2, -0.15) is 4.98 Å². The van der Waals surface area contributed by atoms with Crippen LogP contribution in [0.4, 0.5) is 5.95 Å². The summed E-state index contributed by atoms with van der Waals surface area (Å²) < 4.78 is 7.58. The highest BCUT2D eigenvalue weighted by Crippen LogP contribution is 2.42. The summed E-state index contributed by atoms with van der Waals surface area (Å²) in [7, 11) is 0. The van der Waals surface area contributed by atoms with Gasteiger partial charge in [-0.05, 0) is 13.8 Å². The number of fused-ring (bicyclic) bond motifs is 1. The van der Waals surface area contributed by atoms with Crippen LogP contribution in [-0.4, -0.2) is 54.1 Å². The molecular weight excluding hydrogens is 312 g/mol. The Morgan fingerprint density at radius 3 is 2.88 bits per heavy atom. The molecule has 1 aliphatic heterocycles. The third-order valence-electron chi connectivity index (χ3n) is 4.31. The Kier molecular flexibility index (Phi) is 4.15. The van der Waals surface area contributed by atoms with Gasteiger partial charge < -0.3 is 26.4 Å². The maximum Gasteiger partial charge on any atom is 0.222 e. The highest BCUT2D eigenvalue weighted by molar-refractivity contribution is 5.70. The number of ether oxygens (including phenoxy) is 1. The predicted octanol–water partition coefficient (Wildman–Crippen LogP) is -0.984. The molecule has 128 valence electrons. The standard InChI is InChI=1S/C15H20N6O3/c1-3-4-15(17)9(6-22)11(8(2)23)24-13(15)21-7-19-10-5-18-14(16)20-12(10)21/h5,7-9,11,13,22-23H,6,17H2,1-2H3,(H2,16,18,20)/t8-,9?,11-,13-,15?/m1/s1. The normalized spacial score (nSPS) is 31.0. The van der Waals surface area contributed by atoms with Crippen molar-refractivity contribution in [2.45, 2.75) is 37.8 Å². The van der Waals surface area contributed by atoms with Crippen molar-refractivity contribution in [3.63, 3.8) is 0 Å². The fraction of sp³-hybridized carbons (Fsp3) is 0.533. The van der Waals surface area contributed by atoms with Crippen LogP contribution in [0.15, 0.2) is 12.5 Å². The second kappa shape index (κ2) is 5.99. The van der Waals surface area contributed by atoms with Gasteiger partial charge in [0.25, 0.3) is 0 Å². The van der Waals surface area contributed by atoms with Gasteiger partial charge in [0.1, 0.15) is 11.1 Å². The summed E-state index contributed by atoms with van der Waals surface area (Å²) in [5.41, 5.74) is 11.9. The quantitative estimate of drug-likeness (QED) is 0.525. The number of aliphatic hydroxyl groups is 2. The van der Waals surface area contributed by atoms with Gasteiger partial charge in [0.05, 0.1) is 31.3 Å². The van der Waals surface area contributed by atoms with Crippen LogP contribution in [-0.2, 0) is 4.74 Å². The zero-order valence-corrected chi connectivity index (χ0v) is 13.4. The number of rotatable bonds is 3. The van der Waals surface area contributed by atoms with Gasteiger partial charge in [-0.15, -0.1) is 5.92 Å². The minimum Gasteiger partial charge on any atom is -0.396 e. The molecule has 0 aromatic carbocycles. The first-order valence-corrected chi connectivity index (χ1v) is 7.54. The first-order valence-electron chi connectivity index (χ1n) is 7.54. The van der Waals surface area contributed by atoms with Crippen LogP contribution in [0.5, 0.6) is 0 Å². The van der Waals surface area contributed by atoms with E-state index in [2.05, 4.69) is 26.8 Å². The van der Waals surface area contributed by atoms with Gasteiger partial charge in [-0.1, -0.05) is 5.92 Å². The number of aliphatic hydroxyl groups excluding tert-OH is 2. The van der Waals surface area contributed by atoms with Gasteiger partial charge in [0.15, 0.2) is 11.9 Å². The van der Waals surface area contributed by atoms with E-state index in [4.69, 9.17) is 16.2 Å². The molecule has 1 fully saturated rings. The monoisotopic (exact) mass is 332 g/mol. The molecule has 2 aromatic heterocycles. The lowest BCUT2D eigenvalue weighted by Crippen LogP contribution is -2.52. The molecule has 0 spiro atoms. The van der Waals surface area contributed by atoms with Crippen LogP contribution in [0.3, 0.4) is 0 Å². The molecule has 0 radical (unpaired) electrons. The molecule has 24 heavy (non-hydrogen) atoms. The van der Waals surface area contributed by atoms with Gasteiger partial charge >= 0.3 is 0 Å². The fourth-order valence-corrected chi connectivity index (χ4v) is 3.19. The van der Waals surface area contributed by atoms with E-state index < -0.39 is 29.9 Å². The lowest BCUT2D eigenvalue weighted by molar-refractivity contribution is -0.0676. The maximum atomic E-state index is 10.0. The Balaban J connectivity index is 2.16. The minimum absolute atomic E-state index is 0.0947. The fourth-order valence-electron chi connectivity index (χ4n) is 3.19. The molecule has 3 heterocycles. The molecule has 0 saturated carbocycles. The van der Waals surface area contributed by atoms with Crippen molar-refractivity contribution in [3.05, 3.63) is 12.5 Å². The number of imidazole rings is 1. The van der Waals surface area contributed by atoms with Crippen LogP contribution in [0.2, 0.25) is 0 Å². The van der Waals surface area contributed by atoms with Crippen molar-refractivity contribution in [3.8, 4) is 11.8 Å². The van der Waals surface area contributed by atoms with Gasteiger partial charge in [-0.3, -0.25) is 4.57 Å². The lowest BCUT2D eigenvalue weighted by Gasteiger charge is -2.30. The molecule has 1 aliphatic rings. The summed E-state index contributed by atoms with van der Waals surface area (Å²) in [6.45, 7) is 2.96. The largest absolute Gasteiger partial charge is 0.396 e. The number of nitrogen functional groups attached to an aromatic ring is 1. The van der Waals surface area contributed by atoms with Gasteiger partial charge in [-0.25, -0.2) is 9.97 Å². The van der Waals surface area contributed by atoms with Crippen molar-refractivity contribution in [1.29, 1.82) is 0 Å². The van der Waals surface area contributed by atoms with Crippen molar-refractivity contribution in [2.24, 2.45) is 11.7 Å². The van der Waals surface area contributed by atoms with Crippen molar-refractivity contribution in [2.75, 3.05) is 12.3 Å². The van der Waals surface area contributed by atoms with E-state index >= 15 is 0 Å². The van der Waals surface area contributed by atoms with E-state index in [0.29, 0.717) is 11.2 Å². The van der Waals surface area contributed by atoms with Crippen molar-refractivity contribution in [1.82, 2.24) is 19.5 Å². The number of hydrogen-bond donors (Lipinski definition) is 4. The molecule has 5 atom stereocenters. The molecule has 3 rings (SSSR count). The summed E-state index contributed by atoms with van der Waals surface area (Å²) >= 11 is 0. The average molecular weight is 332 g/mol. The first kappa shape index (κ1) is 16.6. The van der Waals surface area contributed by atoms with E-state index in [-0.39, 0.29) is 12.6 Å². The third-order valence-corrected chi connectivity index (χ3v) is 4.31. The zero-order chi connectivity index (χ0) is 17.5. The topological polar surface area (TPSA) is 145 Å². The third kappa shape index (κ3) is 2.40. The minimum atomic E-state index is -1.22. The van der Waals surface area contributed by atoms with Crippen LogP contribution in [0.25, 0.3) is 11.2 Å². The Morgan fingerprint density at radius 2 is 2.25 bits per heavy atom. The summed E-state index contributed by atoms with van der Waals surface area (Å²) in [6, 6.07) is 0. The Bertz CT molecular complexity index is 810. The SMILES string of the molecule is CC#CC1(N)C(CO)[C@@H]([C@@H](C)O)O[C@H]1n1cnc2cnc(N)nc21. The molecule has 1 saturated heterocycles. The summed E-state index contributed by atoms with van der Waals surface area (Å²) in [5.74, 6) is 5.24. The summed E-state index contributed by atoms with van der Waals surface area (Å²) in [6.07, 6.45) is 0.718. The number of hydrogen-bond acceptors (Lipinski definition) is 8. The molecule has 2 aromatic rings. The Morgan fingerprint density at radius 1 is 1.50 bits per heavy atom. The van der Waals surface area contributed by atoms with Crippen LogP contribution in [0.1, 0.15) is 20.1 Å². The molecule has 0 bridgehead atoms. The van der Waals surface area contributed by atoms with Crippen LogP contribution >= 0.6 is 0 Å². The van der Waals surface area contributed by atoms with E-state index in [1.165, 1.54) is 12.5 Å². The smallest absolute Gasteiger partial charge is 0.222 e. The van der Waals surface area contributed by atoms with E-state index in [9.17, 15) is 10.2 Å². The summed E-state index contributed by atoms with van der Waals surface area (Å²) in [4.78, 5) is 12.3. The molecule has 9 heteroatoms. The molecule has 6 N–H and O–H groups in total. The second-order valence-corrected chi connectivity index (χ2v) is 5.88. The van der Waals surface area contributed by atoms with Gasteiger partial charge in [0, 0.05) is 5.92 Å². The van der Waals surface area contributed by atoms with Crippen molar-refractivity contribution >= 4 is 17.1 Å². The number of anilines is 1. The number of nitrogens with zero attached hydrogens (tertiary/aromatic N) is 4. The highest BCUT2D eigenvalue weighted by atomic mass is 16.5. The van der Waals surface area contributed by atoms with Crippen LogP contribution < -0.4 is 11.5 Å².